The number of amides is 1. The molecule has 76 valence electrons. The zero-order valence-electron chi connectivity index (χ0n) is 8.49. The second kappa shape index (κ2) is 4.33. The van der Waals surface area contributed by atoms with Gasteiger partial charge >= 0.3 is 0 Å². The summed E-state index contributed by atoms with van der Waals surface area (Å²) in [5, 5.41) is 0.524. The molecule has 0 aliphatic carbocycles. The zero-order valence-corrected chi connectivity index (χ0v) is 9.30. The highest BCUT2D eigenvalue weighted by Gasteiger charge is 2.29. The van der Waals surface area contributed by atoms with Crippen LogP contribution in [0.5, 0.6) is 0 Å². The minimum absolute atomic E-state index is 0.0830. The molecule has 2 N–H and O–H groups in total. The van der Waals surface area contributed by atoms with Gasteiger partial charge in [-0.25, -0.2) is 0 Å². The van der Waals surface area contributed by atoms with Gasteiger partial charge in [0.1, 0.15) is 0 Å². The van der Waals surface area contributed by atoms with E-state index in [0.717, 1.165) is 12.3 Å². The predicted octanol–water partition coefficient (Wildman–Crippen LogP) is 0.686. The van der Waals surface area contributed by atoms with E-state index in [2.05, 4.69) is 13.8 Å². The third kappa shape index (κ3) is 2.38. The van der Waals surface area contributed by atoms with Gasteiger partial charge in [-0.3, -0.25) is 4.79 Å². The van der Waals surface area contributed by atoms with Crippen LogP contribution in [-0.2, 0) is 4.79 Å². The first kappa shape index (κ1) is 10.9. The molecule has 0 radical (unpaired) electrons. The van der Waals surface area contributed by atoms with Crippen molar-refractivity contribution in [3.8, 4) is 0 Å². The first-order chi connectivity index (χ1) is 6.04. The summed E-state index contributed by atoms with van der Waals surface area (Å²) in [7, 11) is 0. The van der Waals surface area contributed by atoms with Crippen LogP contribution in [0.3, 0.4) is 0 Å². The number of rotatable bonds is 1. The third-order valence-corrected chi connectivity index (χ3v) is 3.89. The summed E-state index contributed by atoms with van der Waals surface area (Å²) in [6.07, 6.45) is 0. The zero-order chi connectivity index (χ0) is 10.0. The molecule has 0 spiro atoms. The Morgan fingerprint density at radius 3 is 2.77 bits per heavy atom. The second-order valence-corrected chi connectivity index (χ2v) is 5.12. The molecule has 4 heteroatoms. The molecular formula is C9H18N2OS. The van der Waals surface area contributed by atoms with E-state index in [1.807, 2.05) is 16.7 Å². The van der Waals surface area contributed by atoms with Crippen molar-refractivity contribution < 1.29 is 4.79 Å². The molecule has 1 fully saturated rings. The molecule has 1 heterocycles. The van der Waals surface area contributed by atoms with Crippen molar-refractivity contribution in [2.24, 2.45) is 5.73 Å². The van der Waals surface area contributed by atoms with E-state index >= 15 is 0 Å². The van der Waals surface area contributed by atoms with Gasteiger partial charge in [-0.1, -0.05) is 6.92 Å². The minimum atomic E-state index is -0.363. The van der Waals surface area contributed by atoms with Crippen molar-refractivity contribution in [3.05, 3.63) is 0 Å². The first-order valence-corrected chi connectivity index (χ1v) is 5.76. The number of thioether (sulfide) groups is 1. The van der Waals surface area contributed by atoms with E-state index in [4.69, 9.17) is 5.73 Å². The van der Waals surface area contributed by atoms with Crippen LogP contribution in [0.1, 0.15) is 20.8 Å². The van der Waals surface area contributed by atoms with Gasteiger partial charge in [-0.05, 0) is 13.8 Å². The van der Waals surface area contributed by atoms with Crippen LogP contribution in [0, 0.1) is 0 Å². The molecule has 1 rings (SSSR count). The number of nitrogens with two attached hydrogens (primary N) is 1. The van der Waals surface area contributed by atoms with Gasteiger partial charge in [-0.2, -0.15) is 11.8 Å². The lowest BCUT2D eigenvalue weighted by molar-refractivity contribution is -0.134. The highest BCUT2D eigenvalue weighted by atomic mass is 32.2. The maximum absolute atomic E-state index is 11.6. The van der Waals surface area contributed by atoms with E-state index in [9.17, 15) is 4.79 Å². The molecule has 0 saturated carbocycles. The summed E-state index contributed by atoms with van der Waals surface area (Å²) in [6, 6.07) is -0.0463. The van der Waals surface area contributed by atoms with Crippen LogP contribution >= 0.6 is 11.8 Å². The highest BCUT2D eigenvalue weighted by molar-refractivity contribution is 8.00. The molecule has 13 heavy (non-hydrogen) atoms. The molecular weight excluding hydrogens is 184 g/mol. The summed E-state index contributed by atoms with van der Waals surface area (Å²) in [5.41, 5.74) is 5.58. The molecule has 0 aromatic carbocycles. The Morgan fingerprint density at radius 1 is 1.62 bits per heavy atom. The van der Waals surface area contributed by atoms with E-state index < -0.39 is 0 Å². The fourth-order valence-corrected chi connectivity index (χ4v) is 2.61. The van der Waals surface area contributed by atoms with Gasteiger partial charge in [0, 0.05) is 23.6 Å². The molecule has 1 amide bonds. The molecule has 0 aromatic rings. The monoisotopic (exact) mass is 202 g/mol. The van der Waals surface area contributed by atoms with Gasteiger partial charge in [0.05, 0.1) is 6.04 Å². The summed E-state index contributed by atoms with van der Waals surface area (Å²) in [6.45, 7) is 6.85. The molecule has 0 bridgehead atoms. The Bertz CT molecular complexity index is 196. The molecule has 1 aliphatic rings. The van der Waals surface area contributed by atoms with E-state index in [1.165, 1.54) is 0 Å². The SMILES string of the molecule is CC1SCCN(C(=O)[C@@H](C)N)C1C. The summed E-state index contributed by atoms with van der Waals surface area (Å²) < 4.78 is 0. The molecule has 2 unspecified atom stereocenters. The van der Waals surface area contributed by atoms with Gasteiger partial charge in [0.25, 0.3) is 0 Å². The Hall–Kier alpha value is -0.220. The summed E-state index contributed by atoms with van der Waals surface area (Å²) >= 11 is 1.92. The number of nitrogens with zero attached hydrogens (tertiary/aromatic N) is 1. The second-order valence-electron chi connectivity index (χ2n) is 3.64. The molecule has 0 aromatic heterocycles. The summed E-state index contributed by atoms with van der Waals surface area (Å²) in [4.78, 5) is 13.6. The predicted molar refractivity (Wildman–Crippen MR) is 56.7 cm³/mol. The Kier molecular flexibility index (Phi) is 3.62. The average Bonchev–Trinajstić information content (AvgIpc) is 2.08. The number of hydrogen-bond acceptors (Lipinski definition) is 3. The summed E-state index contributed by atoms with van der Waals surface area (Å²) in [5.74, 6) is 1.11. The van der Waals surface area contributed by atoms with Gasteiger partial charge < -0.3 is 10.6 Å². The number of carbonyl (C=O) groups excluding carboxylic acids is 1. The van der Waals surface area contributed by atoms with Crippen LogP contribution in [0.25, 0.3) is 0 Å². The quantitative estimate of drug-likeness (QED) is 0.680. The van der Waals surface area contributed by atoms with Gasteiger partial charge in [-0.15, -0.1) is 0 Å². The van der Waals surface area contributed by atoms with Crippen LogP contribution in [-0.4, -0.2) is 40.4 Å². The topological polar surface area (TPSA) is 46.3 Å². The maximum Gasteiger partial charge on any atom is 0.239 e. The van der Waals surface area contributed by atoms with Crippen molar-refractivity contribution in [1.29, 1.82) is 0 Å². The Balaban J connectivity index is 2.62. The van der Waals surface area contributed by atoms with Crippen LogP contribution in [0.2, 0.25) is 0 Å². The molecule has 3 nitrogen and oxygen atoms in total. The van der Waals surface area contributed by atoms with Crippen molar-refractivity contribution in [2.75, 3.05) is 12.3 Å². The lowest BCUT2D eigenvalue weighted by Crippen LogP contribution is -2.52. The maximum atomic E-state index is 11.6. The standard InChI is InChI=1S/C9H18N2OS/c1-6(10)9(12)11-4-5-13-8(3)7(11)2/h6-8H,4-5,10H2,1-3H3/t6-,7?,8?/m1/s1. The largest absolute Gasteiger partial charge is 0.337 e. The van der Waals surface area contributed by atoms with Crippen molar-refractivity contribution in [1.82, 2.24) is 4.90 Å². The van der Waals surface area contributed by atoms with Crippen molar-refractivity contribution in [2.45, 2.75) is 38.1 Å². The van der Waals surface area contributed by atoms with Crippen molar-refractivity contribution in [3.63, 3.8) is 0 Å². The number of hydrogen-bond donors (Lipinski definition) is 1. The smallest absolute Gasteiger partial charge is 0.239 e. The molecule has 3 atom stereocenters. The van der Waals surface area contributed by atoms with E-state index in [-0.39, 0.29) is 11.9 Å². The van der Waals surface area contributed by atoms with Crippen molar-refractivity contribution >= 4 is 17.7 Å². The fourth-order valence-electron chi connectivity index (χ4n) is 1.51. The molecule has 1 aliphatic heterocycles. The molecule has 1 saturated heterocycles. The minimum Gasteiger partial charge on any atom is -0.337 e. The highest BCUT2D eigenvalue weighted by Crippen LogP contribution is 2.24. The Morgan fingerprint density at radius 2 is 2.23 bits per heavy atom. The van der Waals surface area contributed by atoms with Crippen LogP contribution in [0.15, 0.2) is 0 Å². The normalized spacial score (nSPS) is 31.5. The Labute approximate surface area is 84.0 Å². The fraction of sp³-hybridized carbons (Fsp3) is 0.889. The third-order valence-electron chi connectivity index (χ3n) is 2.56. The lowest BCUT2D eigenvalue weighted by atomic mass is 10.2. The van der Waals surface area contributed by atoms with Crippen LogP contribution < -0.4 is 5.73 Å². The van der Waals surface area contributed by atoms with E-state index in [1.54, 1.807) is 6.92 Å². The first-order valence-electron chi connectivity index (χ1n) is 4.71. The van der Waals surface area contributed by atoms with Crippen LogP contribution in [0.4, 0.5) is 0 Å². The van der Waals surface area contributed by atoms with Gasteiger partial charge in [0.2, 0.25) is 5.91 Å². The number of carbonyl (C=O) groups is 1. The van der Waals surface area contributed by atoms with Gasteiger partial charge in [0.15, 0.2) is 0 Å². The average molecular weight is 202 g/mol. The lowest BCUT2D eigenvalue weighted by Gasteiger charge is -2.38. The van der Waals surface area contributed by atoms with E-state index in [0.29, 0.717) is 11.3 Å².